The van der Waals surface area contributed by atoms with E-state index in [-0.39, 0.29) is 17.7 Å². The fourth-order valence-corrected chi connectivity index (χ4v) is 5.88. The Hall–Kier alpha value is -2.64. The van der Waals surface area contributed by atoms with Crippen LogP contribution in [-0.2, 0) is 11.8 Å². The van der Waals surface area contributed by atoms with Gasteiger partial charge in [-0.2, -0.15) is 0 Å². The summed E-state index contributed by atoms with van der Waals surface area (Å²) in [6.07, 6.45) is 7.55. The fraction of sp³-hybridized carbons (Fsp3) is 0.458. The first-order valence-electron chi connectivity index (χ1n) is 11.1. The van der Waals surface area contributed by atoms with Gasteiger partial charge in [0, 0.05) is 25.2 Å². The van der Waals surface area contributed by atoms with Crippen molar-refractivity contribution in [1.29, 1.82) is 0 Å². The summed E-state index contributed by atoms with van der Waals surface area (Å²) in [4.78, 5) is 13.1. The maximum absolute atomic E-state index is 6.57. The number of benzene rings is 1. The summed E-state index contributed by atoms with van der Waals surface area (Å²) in [7, 11) is 2.00. The molecule has 3 aromatic heterocycles. The monoisotopic (exact) mass is 451 g/mol. The van der Waals surface area contributed by atoms with Crippen molar-refractivity contribution in [3.05, 3.63) is 48.3 Å². The SMILES string of the molecule is Cn1cnc2cc(OC[C@H]3C[C@@H](n4ccc5c(Cl)ncnc54)[C@@H]4OC(C)(C)C[C@H]34)ccc21. The Morgan fingerprint density at radius 2 is 2.09 bits per heavy atom. The minimum Gasteiger partial charge on any atom is -0.493 e. The first-order valence-corrected chi connectivity index (χ1v) is 11.5. The molecule has 32 heavy (non-hydrogen) atoms. The first kappa shape index (κ1) is 20.0. The molecule has 2 aliphatic rings. The second kappa shape index (κ2) is 7.18. The predicted molar refractivity (Wildman–Crippen MR) is 123 cm³/mol. The number of halogens is 1. The zero-order chi connectivity index (χ0) is 22.0. The minimum absolute atomic E-state index is 0.126. The van der Waals surface area contributed by atoms with Crippen molar-refractivity contribution >= 4 is 33.7 Å². The summed E-state index contributed by atoms with van der Waals surface area (Å²) in [5.41, 5.74) is 2.77. The van der Waals surface area contributed by atoms with E-state index >= 15 is 0 Å². The van der Waals surface area contributed by atoms with E-state index in [1.807, 2.05) is 36.1 Å². The van der Waals surface area contributed by atoms with E-state index < -0.39 is 0 Å². The van der Waals surface area contributed by atoms with E-state index in [0.717, 1.165) is 40.7 Å². The van der Waals surface area contributed by atoms with Crippen molar-refractivity contribution < 1.29 is 9.47 Å². The van der Waals surface area contributed by atoms with Crippen molar-refractivity contribution in [2.75, 3.05) is 6.61 Å². The number of nitrogens with zero attached hydrogens (tertiary/aromatic N) is 5. The minimum atomic E-state index is -0.144. The van der Waals surface area contributed by atoms with Crippen LogP contribution in [0.25, 0.3) is 22.1 Å². The van der Waals surface area contributed by atoms with Crippen LogP contribution in [0.5, 0.6) is 5.75 Å². The van der Waals surface area contributed by atoms with Crippen LogP contribution in [0.15, 0.2) is 43.1 Å². The van der Waals surface area contributed by atoms with E-state index in [1.165, 1.54) is 6.33 Å². The zero-order valence-corrected chi connectivity index (χ0v) is 19.2. The summed E-state index contributed by atoms with van der Waals surface area (Å²) in [5.74, 6) is 1.68. The van der Waals surface area contributed by atoms with E-state index in [1.54, 1.807) is 0 Å². The number of rotatable bonds is 4. The summed E-state index contributed by atoms with van der Waals surface area (Å²) in [5, 5.41) is 1.37. The van der Waals surface area contributed by atoms with Gasteiger partial charge in [-0.05, 0) is 50.8 Å². The molecule has 0 amide bonds. The maximum Gasteiger partial charge on any atom is 0.145 e. The van der Waals surface area contributed by atoms with Crippen LogP contribution in [0, 0.1) is 11.8 Å². The molecule has 2 fully saturated rings. The Kier molecular flexibility index (Phi) is 4.49. The highest BCUT2D eigenvalue weighted by Crippen LogP contribution is 2.52. The molecule has 1 saturated carbocycles. The topological polar surface area (TPSA) is 67.0 Å². The fourth-order valence-electron chi connectivity index (χ4n) is 5.69. The van der Waals surface area contributed by atoms with Gasteiger partial charge >= 0.3 is 0 Å². The predicted octanol–water partition coefficient (Wildman–Crippen LogP) is 4.80. The number of ether oxygens (including phenoxy) is 2. The lowest BCUT2D eigenvalue weighted by Gasteiger charge is -2.25. The number of hydrogen-bond donors (Lipinski definition) is 0. The number of fused-ring (bicyclic) bond motifs is 3. The molecule has 0 bridgehead atoms. The number of hydrogen-bond acceptors (Lipinski definition) is 5. The Balaban J connectivity index is 1.27. The Bertz CT molecular complexity index is 1310. The molecular weight excluding hydrogens is 426 g/mol. The van der Waals surface area contributed by atoms with Gasteiger partial charge in [-0.25, -0.2) is 15.0 Å². The average molecular weight is 452 g/mol. The summed E-state index contributed by atoms with van der Waals surface area (Å²) < 4.78 is 17.1. The Morgan fingerprint density at radius 3 is 2.97 bits per heavy atom. The quantitative estimate of drug-likeness (QED) is 0.417. The van der Waals surface area contributed by atoms with E-state index in [4.69, 9.17) is 21.1 Å². The second-order valence-corrected chi connectivity index (χ2v) is 10.1. The van der Waals surface area contributed by atoms with Crippen molar-refractivity contribution in [3.8, 4) is 5.75 Å². The third-order valence-corrected chi connectivity index (χ3v) is 7.41. The summed E-state index contributed by atoms with van der Waals surface area (Å²) in [6, 6.07) is 8.30. The molecule has 4 atom stereocenters. The van der Waals surface area contributed by atoms with Gasteiger partial charge in [0.15, 0.2) is 0 Å². The maximum atomic E-state index is 6.57. The van der Waals surface area contributed by atoms with Gasteiger partial charge < -0.3 is 18.6 Å². The highest BCUT2D eigenvalue weighted by Gasteiger charge is 2.53. The molecular formula is C24H26ClN5O2. The van der Waals surface area contributed by atoms with Crippen molar-refractivity contribution in [2.24, 2.45) is 18.9 Å². The standard InChI is InChI=1S/C24H26ClN5O2/c1-24(2)10-17-14(11-31-15-4-5-19-18(9-15)28-13-29(19)3)8-20(21(17)32-24)30-7-6-16-22(25)26-12-27-23(16)30/h4-7,9,12-14,17,20-21H,8,10-11H2,1-3H3/t14-,17-,20-,21-/m1/s1. The average Bonchev–Trinajstić information content (AvgIpc) is 3.49. The number of aromatic nitrogens is 5. The Labute approximate surface area is 191 Å². The molecule has 8 heteroatoms. The van der Waals surface area contributed by atoms with Crippen molar-refractivity contribution in [1.82, 2.24) is 24.1 Å². The van der Waals surface area contributed by atoms with Crippen LogP contribution in [0.1, 0.15) is 32.7 Å². The lowest BCUT2D eigenvalue weighted by Crippen LogP contribution is -2.26. The van der Waals surface area contributed by atoms with Crippen LogP contribution in [0.4, 0.5) is 0 Å². The lowest BCUT2D eigenvalue weighted by molar-refractivity contribution is -0.0346. The highest BCUT2D eigenvalue weighted by atomic mass is 35.5. The van der Waals surface area contributed by atoms with Crippen LogP contribution in [0.2, 0.25) is 5.15 Å². The van der Waals surface area contributed by atoms with Crippen LogP contribution >= 0.6 is 11.6 Å². The van der Waals surface area contributed by atoms with E-state index in [9.17, 15) is 0 Å². The molecule has 1 aliphatic carbocycles. The summed E-state index contributed by atoms with van der Waals surface area (Å²) >= 11 is 6.30. The first-order chi connectivity index (χ1) is 15.4. The molecule has 0 radical (unpaired) electrons. The second-order valence-electron chi connectivity index (χ2n) is 9.72. The molecule has 0 unspecified atom stereocenters. The molecule has 4 aromatic rings. The number of aryl methyl sites for hydroxylation is 1. The van der Waals surface area contributed by atoms with Gasteiger partial charge in [-0.3, -0.25) is 0 Å². The molecule has 0 N–H and O–H groups in total. The molecule has 6 rings (SSSR count). The van der Waals surface area contributed by atoms with E-state index in [0.29, 0.717) is 23.6 Å². The van der Waals surface area contributed by atoms with Crippen LogP contribution in [-0.4, -0.2) is 42.4 Å². The lowest BCUT2D eigenvalue weighted by atomic mass is 9.88. The van der Waals surface area contributed by atoms with E-state index in [2.05, 4.69) is 45.6 Å². The molecule has 1 saturated heterocycles. The molecule has 1 aromatic carbocycles. The van der Waals surface area contributed by atoms with Gasteiger partial charge in [0.25, 0.3) is 0 Å². The summed E-state index contributed by atoms with van der Waals surface area (Å²) in [6.45, 7) is 5.02. The Morgan fingerprint density at radius 1 is 1.22 bits per heavy atom. The van der Waals surface area contributed by atoms with Crippen molar-refractivity contribution in [2.45, 2.75) is 44.4 Å². The highest BCUT2D eigenvalue weighted by molar-refractivity contribution is 6.33. The smallest absolute Gasteiger partial charge is 0.145 e. The molecule has 4 heterocycles. The van der Waals surface area contributed by atoms with Crippen LogP contribution < -0.4 is 4.74 Å². The number of imidazole rings is 1. The largest absolute Gasteiger partial charge is 0.493 e. The molecule has 7 nitrogen and oxygen atoms in total. The van der Waals surface area contributed by atoms with Crippen molar-refractivity contribution in [3.63, 3.8) is 0 Å². The third-order valence-electron chi connectivity index (χ3n) is 7.11. The van der Waals surface area contributed by atoms with Crippen LogP contribution in [0.3, 0.4) is 0 Å². The molecule has 0 spiro atoms. The molecule has 166 valence electrons. The van der Waals surface area contributed by atoms with Gasteiger partial charge in [0.05, 0.1) is 47.1 Å². The zero-order valence-electron chi connectivity index (χ0n) is 18.4. The molecule has 1 aliphatic heterocycles. The van der Waals surface area contributed by atoms with Gasteiger partial charge in [-0.15, -0.1) is 0 Å². The normalized spacial score (nSPS) is 26.8. The van der Waals surface area contributed by atoms with Gasteiger partial charge in [-0.1, -0.05) is 11.6 Å². The van der Waals surface area contributed by atoms with Gasteiger partial charge in [0.1, 0.15) is 22.9 Å². The third kappa shape index (κ3) is 3.18. The van der Waals surface area contributed by atoms with Gasteiger partial charge in [0.2, 0.25) is 0 Å².